The Balaban J connectivity index is 1.95. The van der Waals surface area contributed by atoms with Crippen LogP contribution in [0.2, 0.25) is 0 Å². The van der Waals surface area contributed by atoms with Gasteiger partial charge in [-0.3, -0.25) is 10.00 Å². The van der Waals surface area contributed by atoms with Crippen molar-refractivity contribution in [2.24, 2.45) is 0 Å². The minimum atomic E-state index is 0.464. The molecular weight excluding hydrogens is 176 g/mol. The first-order chi connectivity index (χ1) is 6.77. The van der Waals surface area contributed by atoms with Gasteiger partial charge in [0.15, 0.2) is 0 Å². The zero-order valence-corrected chi connectivity index (χ0v) is 8.90. The minimum Gasteiger partial charge on any atom is -0.304 e. The standard InChI is InChI=1S/C10H18N4/c1-9(10-3-4-11-12-10)14-7-5-13(2)6-8-14/h3-4,9H,5-8H2,1-2H3,(H,11,12). The summed E-state index contributed by atoms with van der Waals surface area (Å²) in [5.74, 6) is 0. The van der Waals surface area contributed by atoms with Crippen LogP contribution in [0.4, 0.5) is 0 Å². The highest BCUT2D eigenvalue weighted by atomic mass is 15.3. The van der Waals surface area contributed by atoms with Gasteiger partial charge in [0.2, 0.25) is 0 Å². The molecule has 2 rings (SSSR count). The first kappa shape index (κ1) is 9.68. The average Bonchev–Trinajstić information content (AvgIpc) is 2.71. The molecule has 1 aliphatic heterocycles. The van der Waals surface area contributed by atoms with E-state index in [0.717, 1.165) is 13.1 Å². The molecular formula is C10H18N4. The summed E-state index contributed by atoms with van der Waals surface area (Å²) in [5.41, 5.74) is 1.22. The van der Waals surface area contributed by atoms with Crippen LogP contribution in [-0.2, 0) is 0 Å². The largest absolute Gasteiger partial charge is 0.304 e. The van der Waals surface area contributed by atoms with E-state index in [1.54, 1.807) is 0 Å². The van der Waals surface area contributed by atoms with Gasteiger partial charge >= 0.3 is 0 Å². The molecule has 0 saturated carbocycles. The van der Waals surface area contributed by atoms with Gasteiger partial charge in [-0.15, -0.1) is 0 Å². The number of aromatic amines is 1. The molecule has 0 bridgehead atoms. The lowest BCUT2D eigenvalue weighted by Crippen LogP contribution is -2.45. The number of hydrogen-bond acceptors (Lipinski definition) is 3. The van der Waals surface area contributed by atoms with Crippen LogP contribution in [0.25, 0.3) is 0 Å². The van der Waals surface area contributed by atoms with E-state index in [9.17, 15) is 0 Å². The Hall–Kier alpha value is -0.870. The maximum absolute atomic E-state index is 3.99. The highest BCUT2D eigenvalue weighted by Crippen LogP contribution is 2.18. The van der Waals surface area contributed by atoms with Crippen LogP contribution in [0.15, 0.2) is 12.3 Å². The molecule has 0 amide bonds. The Morgan fingerprint density at radius 1 is 1.36 bits per heavy atom. The Morgan fingerprint density at radius 2 is 2.07 bits per heavy atom. The molecule has 1 aromatic rings. The molecule has 1 fully saturated rings. The van der Waals surface area contributed by atoms with Gasteiger partial charge in [0, 0.05) is 38.4 Å². The molecule has 1 saturated heterocycles. The van der Waals surface area contributed by atoms with Crippen molar-refractivity contribution in [1.82, 2.24) is 20.0 Å². The molecule has 4 nitrogen and oxygen atoms in total. The molecule has 0 spiro atoms. The second kappa shape index (κ2) is 4.11. The number of rotatable bonds is 2. The zero-order valence-electron chi connectivity index (χ0n) is 8.90. The maximum Gasteiger partial charge on any atom is 0.0520 e. The predicted octanol–water partition coefficient (Wildman–Crippen LogP) is 0.718. The predicted molar refractivity (Wildman–Crippen MR) is 56.1 cm³/mol. The summed E-state index contributed by atoms with van der Waals surface area (Å²) in [6, 6.07) is 2.52. The summed E-state index contributed by atoms with van der Waals surface area (Å²) in [6.45, 7) is 6.86. The smallest absolute Gasteiger partial charge is 0.0520 e. The van der Waals surface area contributed by atoms with Gasteiger partial charge in [0.05, 0.1) is 5.69 Å². The van der Waals surface area contributed by atoms with Crippen LogP contribution in [0, 0.1) is 0 Å². The fourth-order valence-electron chi connectivity index (χ4n) is 1.91. The molecule has 1 aliphatic rings. The van der Waals surface area contributed by atoms with Gasteiger partial charge in [0.1, 0.15) is 0 Å². The second-order valence-electron chi connectivity index (χ2n) is 4.03. The van der Waals surface area contributed by atoms with E-state index in [0.29, 0.717) is 6.04 Å². The summed E-state index contributed by atoms with van der Waals surface area (Å²) in [7, 11) is 2.18. The van der Waals surface area contributed by atoms with Crippen molar-refractivity contribution in [2.45, 2.75) is 13.0 Å². The molecule has 0 aliphatic carbocycles. The Labute approximate surface area is 84.9 Å². The van der Waals surface area contributed by atoms with E-state index < -0.39 is 0 Å². The fraction of sp³-hybridized carbons (Fsp3) is 0.700. The summed E-state index contributed by atoms with van der Waals surface area (Å²) >= 11 is 0. The van der Waals surface area contributed by atoms with E-state index in [2.05, 4.69) is 40.0 Å². The number of nitrogens with zero attached hydrogens (tertiary/aromatic N) is 3. The molecule has 0 aromatic carbocycles. The van der Waals surface area contributed by atoms with Crippen LogP contribution >= 0.6 is 0 Å². The molecule has 0 radical (unpaired) electrons. The fourth-order valence-corrected chi connectivity index (χ4v) is 1.91. The van der Waals surface area contributed by atoms with E-state index in [-0.39, 0.29) is 0 Å². The number of aromatic nitrogens is 2. The van der Waals surface area contributed by atoms with Gasteiger partial charge in [-0.1, -0.05) is 0 Å². The van der Waals surface area contributed by atoms with Crippen LogP contribution < -0.4 is 0 Å². The first-order valence-corrected chi connectivity index (χ1v) is 5.19. The monoisotopic (exact) mass is 194 g/mol. The number of piperazine rings is 1. The molecule has 14 heavy (non-hydrogen) atoms. The molecule has 1 aromatic heterocycles. The van der Waals surface area contributed by atoms with Crippen LogP contribution in [-0.4, -0.2) is 53.2 Å². The molecule has 1 N–H and O–H groups in total. The summed E-state index contributed by atoms with van der Waals surface area (Å²) in [5, 5.41) is 7.03. The third-order valence-electron chi connectivity index (χ3n) is 3.06. The van der Waals surface area contributed by atoms with Crippen LogP contribution in [0.3, 0.4) is 0 Å². The van der Waals surface area contributed by atoms with Crippen molar-refractivity contribution < 1.29 is 0 Å². The quantitative estimate of drug-likeness (QED) is 0.753. The van der Waals surface area contributed by atoms with Crippen molar-refractivity contribution in [3.8, 4) is 0 Å². The topological polar surface area (TPSA) is 35.2 Å². The maximum atomic E-state index is 3.99. The highest BCUT2D eigenvalue weighted by Gasteiger charge is 2.20. The summed E-state index contributed by atoms with van der Waals surface area (Å²) < 4.78 is 0. The first-order valence-electron chi connectivity index (χ1n) is 5.19. The lowest BCUT2D eigenvalue weighted by atomic mass is 10.2. The molecule has 1 atom stereocenters. The second-order valence-corrected chi connectivity index (χ2v) is 4.03. The lowest BCUT2D eigenvalue weighted by Gasteiger charge is -2.35. The van der Waals surface area contributed by atoms with Crippen molar-refractivity contribution in [1.29, 1.82) is 0 Å². The van der Waals surface area contributed by atoms with Gasteiger partial charge in [-0.25, -0.2) is 0 Å². The third-order valence-corrected chi connectivity index (χ3v) is 3.06. The van der Waals surface area contributed by atoms with Crippen LogP contribution in [0.5, 0.6) is 0 Å². The Bertz CT molecular complexity index is 262. The van der Waals surface area contributed by atoms with Gasteiger partial charge < -0.3 is 4.90 Å². The van der Waals surface area contributed by atoms with Crippen molar-refractivity contribution in [3.63, 3.8) is 0 Å². The van der Waals surface area contributed by atoms with E-state index >= 15 is 0 Å². The molecule has 78 valence electrons. The van der Waals surface area contributed by atoms with Gasteiger partial charge in [-0.2, -0.15) is 5.10 Å². The third kappa shape index (κ3) is 1.96. The van der Waals surface area contributed by atoms with E-state index in [1.807, 2.05) is 6.20 Å². The van der Waals surface area contributed by atoms with Crippen LogP contribution in [0.1, 0.15) is 18.7 Å². The molecule has 1 unspecified atom stereocenters. The molecule has 4 heteroatoms. The average molecular weight is 194 g/mol. The van der Waals surface area contributed by atoms with Crippen molar-refractivity contribution >= 4 is 0 Å². The van der Waals surface area contributed by atoms with Gasteiger partial charge in [-0.05, 0) is 20.0 Å². The van der Waals surface area contributed by atoms with E-state index in [1.165, 1.54) is 18.8 Å². The number of H-pyrrole nitrogens is 1. The number of likely N-dealkylation sites (N-methyl/N-ethyl adjacent to an activating group) is 1. The number of hydrogen-bond donors (Lipinski definition) is 1. The van der Waals surface area contributed by atoms with Crippen molar-refractivity contribution in [2.75, 3.05) is 33.2 Å². The van der Waals surface area contributed by atoms with Crippen molar-refractivity contribution in [3.05, 3.63) is 18.0 Å². The minimum absolute atomic E-state index is 0.464. The molecule has 2 heterocycles. The Kier molecular flexibility index (Phi) is 2.84. The lowest BCUT2D eigenvalue weighted by molar-refractivity contribution is 0.117. The Morgan fingerprint density at radius 3 is 2.64 bits per heavy atom. The normalized spacial score (nSPS) is 22.4. The number of nitrogens with one attached hydrogen (secondary N) is 1. The van der Waals surface area contributed by atoms with Gasteiger partial charge in [0.25, 0.3) is 0 Å². The highest BCUT2D eigenvalue weighted by molar-refractivity contribution is 5.03. The summed E-state index contributed by atoms with van der Waals surface area (Å²) in [4.78, 5) is 4.86. The van der Waals surface area contributed by atoms with E-state index in [4.69, 9.17) is 0 Å². The SMILES string of the molecule is CC(c1ccn[nH]1)N1CCN(C)CC1. The summed E-state index contributed by atoms with van der Waals surface area (Å²) in [6.07, 6.45) is 1.82. The zero-order chi connectivity index (χ0) is 9.97.